The van der Waals surface area contributed by atoms with E-state index in [9.17, 15) is 4.79 Å². The van der Waals surface area contributed by atoms with E-state index in [-0.39, 0.29) is 6.04 Å². The Morgan fingerprint density at radius 2 is 1.96 bits per heavy atom. The second-order valence-corrected chi connectivity index (χ2v) is 7.20. The molecule has 1 aromatic carbocycles. The lowest BCUT2D eigenvalue weighted by Crippen LogP contribution is -2.27. The Morgan fingerprint density at radius 3 is 2.52 bits per heavy atom. The first-order valence-electron chi connectivity index (χ1n) is 8.54. The zero-order chi connectivity index (χ0) is 18.4. The molecule has 2 N–H and O–H groups in total. The number of aryl methyl sites for hydroxylation is 1. The number of hydrogen-bond donors (Lipinski definition) is 2. The Morgan fingerprint density at radius 1 is 1.28 bits per heavy atom. The van der Waals surface area contributed by atoms with E-state index >= 15 is 0 Å². The highest BCUT2D eigenvalue weighted by Crippen LogP contribution is 2.14. The van der Waals surface area contributed by atoms with Gasteiger partial charge in [0.15, 0.2) is 0 Å². The van der Waals surface area contributed by atoms with Crippen molar-refractivity contribution in [2.75, 3.05) is 11.9 Å². The molecule has 0 radical (unpaired) electrons. The molecule has 0 saturated heterocycles. The first-order chi connectivity index (χ1) is 11.7. The Balaban J connectivity index is 1.77. The van der Waals surface area contributed by atoms with Gasteiger partial charge in [0.25, 0.3) is 0 Å². The van der Waals surface area contributed by atoms with Crippen molar-refractivity contribution < 1.29 is 9.53 Å². The molecule has 2 rings (SSSR count). The fraction of sp³-hybridized carbons (Fsp3) is 0.474. The second kappa shape index (κ2) is 8.16. The van der Waals surface area contributed by atoms with Crippen molar-refractivity contribution in [2.45, 2.75) is 45.8 Å². The van der Waals surface area contributed by atoms with Crippen LogP contribution in [0.25, 0.3) is 0 Å². The minimum atomic E-state index is -0.499. The lowest BCUT2D eigenvalue weighted by Gasteiger charge is -2.19. The first-order valence-corrected chi connectivity index (χ1v) is 8.54. The van der Waals surface area contributed by atoms with Gasteiger partial charge in [-0.05, 0) is 58.4 Å². The largest absolute Gasteiger partial charge is 0.444 e. The number of amides is 1. The monoisotopic (exact) mass is 344 g/mol. The van der Waals surface area contributed by atoms with Gasteiger partial charge in [0, 0.05) is 30.5 Å². The van der Waals surface area contributed by atoms with Crippen LogP contribution in [0.15, 0.2) is 36.7 Å². The fourth-order valence-corrected chi connectivity index (χ4v) is 2.39. The topological polar surface area (TPSA) is 68.2 Å². The summed E-state index contributed by atoms with van der Waals surface area (Å²) in [5.74, 6) is 0. The van der Waals surface area contributed by atoms with Crippen LogP contribution >= 0.6 is 0 Å². The van der Waals surface area contributed by atoms with Crippen LogP contribution in [0.3, 0.4) is 0 Å². The summed E-state index contributed by atoms with van der Waals surface area (Å²) in [5.41, 5.74) is 2.62. The van der Waals surface area contributed by atoms with Gasteiger partial charge in [0.2, 0.25) is 0 Å². The van der Waals surface area contributed by atoms with Crippen molar-refractivity contribution in [3.8, 4) is 0 Å². The minimum Gasteiger partial charge on any atom is -0.444 e. The summed E-state index contributed by atoms with van der Waals surface area (Å²) in [6.45, 7) is 8.53. The van der Waals surface area contributed by atoms with Gasteiger partial charge in [-0.3, -0.25) is 10.00 Å². The molecule has 1 amide bonds. The van der Waals surface area contributed by atoms with E-state index in [4.69, 9.17) is 4.74 Å². The SMILES string of the molecule is CC(NCCc1ccc(NC(=O)OC(C)(C)C)cc1)c1cnn(C)c1. The molecule has 136 valence electrons. The number of ether oxygens (including phenoxy) is 1. The third-order valence-electron chi connectivity index (χ3n) is 3.69. The number of nitrogens with one attached hydrogen (secondary N) is 2. The Bertz CT molecular complexity index is 686. The highest BCUT2D eigenvalue weighted by Gasteiger charge is 2.16. The zero-order valence-electron chi connectivity index (χ0n) is 15.7. The van der Waals surface area contributed by atoms with E-state index in [2.05, 4.69) is 22.7 Å². The van der Waals surface area contributed by atoms with Gasteiger partial charge >= 0.3 is 6.09 Å². The van der Waals surface area contributed by atoms with E-state index in [1.54, 1.807) is 0 Å². The molecule has 0 bridgehead atoms. The molecule has 25 heavy (non-hydrogen) atoms. The van der Waals surface area contributed by atoms with Gasteiger partial charge in [-0.15, -0.1) is 0 Å². The van der Waals surface area contributed by atoms with Crippen LogP contribution in [0.4, 0.5) is 10.5 Å². The third kappa shape index (κ3) is 6.58. The molecule has 1 aromatic heterocycles. The number of rotatable bonds is 6. The lowest BCUT2D eigenvalue weighted by atomic mass is 10.1. The van der Waals surface area contributed by atoms with Gasteiger partial charge in [-0.1, -0.05) is 12.1 Å². The molecule has 0 spiro atoms. The van der Waals surface area contributed by atoms with E-state index in [0.29, 0.717) is 0 Å². The predicted molar refractivity (Wildman–Crippen MR) is 99.6 cm³/mol. The number of anilines is 1. The van der Waals surface area contributed by atoms with Crippen LogP contribution in [0, 0.1) is 0 Å². The van der Waals surface area contributed by atoms with Crippen molar-refractivity contribution in [2.24, 2.45) is 7.05 Å². The summed E-state index contributed by atoms with van der Waals surface area (Å²) < 4.78 is 7.05. The van der Waals surface area contributed by atoms with E-state index in [1.165, 1.54) is 11.1 Å². The second-order valence-electron chi connectivity index (χ2n) is 7.20. The molecule has 2 aromatic rings. The van der Waals surface area contributed by atoms with Gasteiger partial charge in [0.1, 0.15) is 5.60 Å². The molecular formula is C19H28N4O2. The molecule has 6 nitrogen and oxygen atoms in total. The average Bonchev–Trinajstić information content (AvgIpc) is 2.93. The van der Waals surface area contributed by atoms with Gasteiger partial charge < -0.3 is 10.1 Å². The minimum absolute atomic E-state index is 0.266. The number of carbonyl (C=O) groups excluding carboxylic acids is 1. The maximum Gasteiger partial charge on any atom is 0.412 e. The van der Waals surface area contributed by atoms with Crippen LogP contribution in [0.1, 0.15) is 44.9 Å². The molecule has 1 atom stereocenters. The smallest absolute Gasteiger partial charge is 0.412 e. The standard InChI is InChI=1S/C19H28N4O2/c1-14(16-12-21-23(5)13-16)20-11-10-15-6-8-17(9-7-15)22-18(24)25-19(2,3)4/h6-9,12-14,20H,10-11H2,1-5H3,(H,22,24). The molecule has 1 unspecified atom stereocenters. The molecule has 1 heterocycles. The number of nitrogens with zero attached hydrogens (tertiary/aromatic N) is 2. The number of benzene rings is 1. The van der Waals surface area contributed by atoms with Gasteiger partial charge in [0.05, 0.1) is 6.20 Å². The molecule has 0 aliphatic carbocycles. The Labute approximate surface area is 149 Å². The van der Waals surface area contributed by atoms with Crippen molar-refractivity contribution in [1.82, 2.24) is 15.1 Å². The highest BCUT2D eigenvalue weighted by atomic mass is 16.6. The number of hydrogen-bond acceptors (Lipinski definition) is 4. The van der Waals surface area contributed by atoms with Crippen LogP contribution in [-0.2, 0) is 18.2 Å². The summed E-state index contributed by atoms with van der Waals surface area (Å²) in [5, 5.41) is 10.4. The van der Waals surface area contributed by atoms with Crippen molar-refractivity contribution in [1.29, 1.82) is 0 Å². The molecule has 6 heteroatoms. The number of carbonyl (C=O) groups is 1. The van der Waals surface area contributed by atoms with Gasteiger partial charge in [-0.2, -0.15) is 5.10 Å². The Kier molecular flexibility index (Phi) is 6.20. The molecule has 0 aliphatic heterocycles. The summed E-state index contributed by atoms with van der Waals surface area (Å²) in [4.78, 5) is 11.7. The maximum atomic E-state index is 11.7. The van der Waals surface area contributed by atoms with Crippen LogP contribution in [-0.4, -0.2) is 28.0 Å². The van der Waals surface area contributed by atoms with Crippen molar-refractivity contribution in [3.05, 3.63) is 47.8 Å². The quantitative estimate of drug-likeness (QED) is 0.839. The molecule has 0 saturated carbocycles. The third-order valence-corrected chi connectivity index (χ3v) is 3.69. The normalized spacial score (nSPS) is 12.7. The summed E-state index contributed by atoms with van der Waals surface area (Å²) in [6.07, 6.45) is 4.38. The van der Waals surface area contributed by atoms with Crippen LogP contribution in [0.5, 0.6) is 0 Å². The Hall–Kier alpha value is -2.34. The molecule has 0 fully saturated rings. The summed E-state index contributed by atoms with van der Waals surface area (Å²) in [7, 11) is 1.92. The van der Waals surface area contributed by atoms with E-state index < -0.39 is 11.7 Å². The highest BCUT2D eigenvalue weighted by molar-refractivity contribution is 5.84. The zero-order valence-corrected chi connectivity index (χ0v) is 15.7. The fourth-order valence-electron chi connectivity index (χ4n) is 2.39. The van der Waals surface area contributed by atoms with E-state index in [0.717, 1.165) is 18.7 Å². The van der Waals surface area contributed by atoms with Crippen molar-refractivity contribution in [3.63, 3.8) is 0 Å². The van der Waals surface area contributed by atoms with Crippen LogP contribution < -0.4 is 10.6 Å². The summed E-state index contributed by atoms with van der Waals surface area (Å²) in [6, 6.07) is 8.08. The summed E-state index contributed by atoms with van der Waals surface area (Å²) >= 11 is 0. The lowest BCUT2D eigenvalue weighted by molar-refractivity contribution is 0.0636. The predicted octanol–water partition coefficient (Wildman–Crippen LogP) is 3.66. The van der Waals surface area contributed by atoms with E-state index in [1.807, 2.05) is 69.2 Å². The van der Waals surface area contributed by atoms with Gasteiger partial charge in [-0.25, -0.2) is 4.79 Å². The average molecular weight is 344 g/mol. The van der Waals surface area contributed by atoms with Crippen LogP contribution in [0.2, 0.25) is 0 Å². The maximum absolute atomic E-state index is 11.7. The van der Waals surface area contributed by atoms with Crippen molar-refractivity contribution >= 4 is 11.8 Å². The molecular weight excluding hydrogens is 316 g/mol. The first kappa shape index (κ1) is 19.0. The molecule has 0 aliphatic rings. The number of aromatic nitrogens is 2.